The van der Waals surface area contributed by atoms with E-state index in [1.54, 1.807) is 6.07 Å². The molecule has 1 unspecified atom stereocenters. The van der Waals surface area contributed by atoms with E-state index in [-0.39, 0.29) is 10.6 Å². The minimum atomic E-state index is -4.21. The second kappa shape index (κ2) is 6.87. The third kappa shape index (κ3) is 4.69. The van der Waals surface area contributed by atoms with E-state index in [0.29, 0.717) is 4.47 Å². The monoisotopic (exact) mass is 380 g/mol. The van der Waals surface area contributed by atoms with Crippen molar-refractivity contribution in [3.05, 3.63) is 22.7 Å². The molecule has 0 aliphatic heterocycles. The molecule has 4 N–H and O–H groups in total. The summed E-state index contributed by atoms with van der Waals surface area (Å²) in [6.45, 7) is 0. The van der Waals surface area contributed by atoms with Crippen LogP contribution < -0.4 is 15.2 Å². The number of sulfonamides is 1. The van der Waals surface area contributed by atoms with Crippen molar-refractivity contribution in [3.63, 3.8) is 0 Å². The zero-order valence-corrected chi connectivity index (χ0v) is 13.3. The highest BCUT2D eigenvalue weighted by Crippen LogP contribution is 2.27. The van der Waals surface area contributed by atoms with Crippen molar-refractivity contribution < 1.29 is 27.9 Å². The Morgan fingerprint density at radius 1 is 1.48 bits per heavy atom. The van der Waals surface area contributed by atoms with E-state index in [4.69, 9.17) is 15.6 Å². The number of ether oxygens (including phenoxy) is 1. The zero-order chi connectivity index (χ0) is 16.2. The first kappa shape index (κ1) is 17.4. The number of carboxylic acids is 1. The van der Waals surface area contributed by atoms with Crippen LogP contribution in [0.4, 0.5) is 0 Å². The van der Waals surface area contributed by atoms with Crippen LogP contribution >= 0.6 is 15.9 Å². The van der Waals surface area contributed by atoms with Crippen molar-refractivity contribution >= 4 is 37.8 Å². The summed E-state index contributed by atoms with van der Waals surface area (Å²) in [5.41, 5.74) is 4.90. The summed E-state index contributed by atoms with van der Waals surface area (Å²) in [6, 6.07) is 2.57. The van der Waals surface area contributed by atoms with Gasteiger partial charge in [0, 0.05) is 4.47 Å². The summed E-state index contributed by atoms with van der Waals surface area (Å²) < 4.78 is 31.8. The van der Waals surface area contributed by atoms with Crippen molar-refractivity contribution in [3.8, 4) is 5.75 Å². The molecule has 116 valence electrons. The van der Waals surface area contributed by atoms with E-state index in [9.17, 15) is 18.0 Å². The Labute approximate surface area is 129 Å². The SMILES string of the molecule is COc1ccc(Br)cc1S(=O)(=O)NC(CC(N)=O)C(=O)O. The Balaban J connectivity index is 3.18. The van der Waals surface area contributed by atoms with Crippen LogP contribution in [-0.4, -0.2) is 38.6 Å². The molecular weight excluding hydrogens is 368 g/mol. The van der Waals surface area contributed by atoms with E-state index in [0.717, 1.165) is 0 Å². The number of aliphatic carboxylic acids is 1. The maximum atomic E-state index is 12.2. The van der Waals surface area contributed by atoms with Crippen LogP contribution in [0.15, 0.2) is 27.6 Å². The molecule has 0 aliphatic carbocycles. The third-order valence-electron chi connectivity index (χ3n) is 2.42. The van der Waals surface area contributed by atoms with Gasteiger partial charge in [0.2, 0.25) is 15.9 Å². The molecule has 8 nitrogen and oxygen atoms in total. The average molecular weight is 381 g/mol. The number of rotatable bonds is 7. The lowest BCUT2D eigenvalue weighted by Gasteiger charge is -2.15. The molecular formula is C11H13BrN2O6S. The highest BCUT2D eigenvalue weighted by molar-refractivity contribution is 9.10. The number of primary amides is 1. The summed E-state index contributed by atoms with van der Waals surface area (Å²) in [4.78, 5) is 21.5. The molecule has 0 aliphatic rings. The number of hydrogen-bond acceptors (Lipinski definition) is 5. The molecule has 1 aromatic carbocycles. The zero-order valence-electron chi connectivity index (χ0n) is 10.9. The number of halogens is 1. The molecule has 0 fully saturated rings. The number of nitrogens with one attached hydrogen (secondary N) is 1. The number of carboxylic acid groups (broad SMARTS) is 1. The average Bonchev–Trinajstić information content (AvgIpc) is 2.37. The number of benzene rings is 1. The summed E-state index contributed by atoms with van der Waals surface area (Å²) in [5.74, 6) is -2.41. The van der Waals surface area contributed by atoms with Crippen LogP contribution in [0.25, 0.3) is 0 Å². The van der Waals surface area contributed by atoms with Crippen LogP contribution in [-0.2, 0) is 19.6 Å². The third-order valence-corrected chi connectivity index (χ3v) is 4.40. The first-order chi connectivity index (χ1) is 9.67. The number of amides is 1. The molecule has 1 atom stereocenters. The second-order valence-electron chi connectivity index (χ2n) is 3.98. The van der Waals surface area contributed by atoms with Gasteiger partial charge in [-0.05, 0) is 18.2 Å². The molecule has 0 bridgehead atoms. The van der Waals surface area contributed by atoms with Crippen molar-refractivity contribution in [2.75, 3.05) is 7.11 Å². The van der Waals surface area contributed by atoms with Gasteiger partial charge in [-0.25, -0.2) is 8.42 Å². The Hall–Kier alpha value is -1.65. The van der Waals surface area contributed by atoms with Gasteiger partial charge in [-0.15, -0.1) is 0 Å². The van der Waals surface area contributed by atoms with E-state index < -0.39 is 34.4 Å². The number of carbonyl (C=O) groups excluding carboxylic acids is 1. The smallest absolute Gasteiger partial charge is 0.322 e. The van der Waals surface area contributed by atoms with Crippen molar-refractivity contribution in [1.29, 1.82) is 0 Å². The minimum absolute atomic E-state index is 0.0360. The maximum Gasteiger partial charge on any atom is 0.322 e. The van der Waals surface area contributed by atoms with Crippen LogP contribution in [0.3, 0.4) is 0 Å². The topological polar surface area (TPSA) is 136 Å². The van der Waals surface area contributed by atoms with Crippen LogP contribution in [0.2, 0.25) is 0 Å². The van der Waals surface area contributed by atoms with Crippen molar-refractivity contribution in [1.82, 2.24) is 4.72 Å². The molecule has 0 saturated heterocycles. The lowest BCUT2D eigenvalue weighted by molar-refractivity contribution is -0.140. The molecule has 0 saturated carbocycles. The molecule has 1 rings (SSSR count). The Kier molecular flexibility index (Phi) is 5.70. The number of nitrogens with two attached hydrogens (primary N) is 1. The lowest BCUT2D eigenvalue weighted by atomic mass is 10.2. The Bertz CT molecular complexity index is 661. The van der Waals surface area contributed by atoms with Crippen LogP contribution in [0, 0.1) is 0 Å². The summed E-state index contributed by atoms with van der Waals surface area (Å²) in [7, 11) is -2.93. The van der Waals surface area contributed by atoms with Gasteiger partial charge in [0.05, 0.1) is 13.5 Å². The number of hydrogen-bond donors (Lipinski definition) is 3. The van der Waals surface area contributed by atoms with E-state index >= 15 is 0 Å². The van der Waals surface area contributed by atoms with Crippen molar-refractivity contribution in [2.24, 2.45) is 5.73 Å². The molecule has 0 aromatic heterocycles. The fourth-order valence-electron chi connectivity index (χ4n) is 1.49. The molecule has 21 heavy (non-hydrogen) atoms. The number of methoxy groups -OCH3 is 1. The first-order valence-electron chi connectivity index (χ1n) is 5.54. The first-order valence-corrected chi connectivity index (χ1v) is 7.82. The fraction of sp³-hybridized carbons (Fsp3) is 0.273. The Morgan fingerprint density at radius 3 is 2.57 bits per heavy atom. The molecule has 0 radical (unpaired) electrons. The largest absolute Gasteiger partial charge is 0.495 e. The maximum absolute atomic E-state index is 12.2. The molecule has 10 heteroatoms. The van der Waals surface area contributed by atoms with E-state index in [2.05, 4.69) is 15.9 Å². The van der Waals surface area contributed by atoms with E-state index in [1.165, 1.54) is 19.2 Å². The van der Waals surface area contributed by atoms with Gasteiger partial charge in [-0.3, -0.25) is 9.59 Å². The predicted molar refractivity (Wildman–Crippen MR) is 76.3 cm³/mol. The van der Waals surface area contributed by atoms with Crippen LogP contribution in [0.5, 0.6) is 5.75 Å². The summed E-state index contributed by atoms with van der Waals surface area (Å²) in [6.07, 6.45) is -0.662. The van der Waals surface area contributed by atoms with Gasteiger partial charge >= 0.3 is 5.97 Å². The molecule has 0 spiro atoms. The fourth-order valence-corrected chi connectivity index (χ4v) is 3.39. The van der Waals surface area contributed by atoms with Crippen molar-refractivity contribution in [2.45, 2.75) is 17.4 Å². The van der Waals surface area contributed by atoms with Gasteiger partial charge in [-0.2, -0.15) is 4.72 Å². The van der Waals surface area contributed by atoms with Gasteiger partial charge < -0.3 is 15.6 Å². The Morgan fingerprint density at radius 2 is 2.10 bits per heavy atom. The number of carbonyl (C=O) groups is 2. The van der Waals surface area contributed by atoms with Gasteiger partial charge in [0.1, 0.15) is 16.7 Å². The molecule has 1 amide bonds. The van der Waals surface area contributed by atoms with Crippen LogP contribution in [0.1, 0.15) is 6.42 Å². The minimum Gasteiger partial charge on any atom is -0.495 e. The van der Waals surface area contributed by atoms with Gasteiger partial charge in [0.25, 0.3) is 0 Å². The van der Waals surface area contributed by atoms with Gasteiger partial charge in [0.15, 0.2) is 0 Å². The standard InChI is InChI=1S/C11H13BrN2O6S/c1-20-8-3-2-6(12)4-9(8)21(18,19)14-7(11(16)17)5-10(13)15/h2-4,7,14H,5H2,1H3,(H2,13,15)(H,16,17). The molecule has 1 aromatic rings. The normalized spacial score (nSPS) is 12.7. The highest BCUT2D eigenvalue weighted by Gasteiger charge is 2.29. The summed E-state index contributed by atoms with van der Waals surface area (Å²) >= 11 is 3.12. The highest BCUT2D eigenvalue weighted by atomic mass is 79.9. The second-order valence-corrected chi connectivity index (χ2v) is 6.58. The predicted octanol–water partition coefficient (Wildman–Crippen LogP) is 0.0646. The summed E-state index contributed by atoms with van der Waals surface area (Å²) in [5, 5.41) is 8.94. The van der Waals surface area contributed by atoms with E-state index in [1.807, 2.05) is 4.72 Å². The lowest BCUT2D eigenvalue weighted by Crippen LogP contribution is -2.43. The molecule has 0 heterocycles. The van der Waals surface area contributed by atoms with Gasteiger partial charge in [-0.1, -0.05) is 15.9 Å². The quantitative estimate of drug-likeness (QED) is 0.611.